The van der Waals surface area contributed by atoms with Crippen molar-refractivity contribution in [3.63, 3.8) is 0 Å². The predicted octanol–water partition coefficient (Wildman–Crippen LogP) is 4.86. The van der Waals surface area contributed by atoms with E-state index < -0.39 is 0 Å². The van der Waals surface area contributed by atoms with Gasteiger partial charge in [0.1, 0.15) is 0 Å². The number of hydrogen-bond donors (Lipinski definition) is 0. The third-order valence-electron chi connectivity index (χ3n) is 2.50. The molecule has 0 heterocycles. The molecule has 2 aromatic rings. The van der Waals surface area contributed by atoms with Crippen LogP contribution in [0.1, 0.15) is 5.56 Å². The van der Waals surface area contributed by atoms with E-state index in [1.54, 1.807) is 23.5 Å². The minimum absolute atomic E-state index is 1.30. The van der Waals surface area contributed by atoms with Crippen LogP contribution in [-0.2, 0) is 0 Å². The number of rotatable bonds is 3. The van der Waals surface area contributed by atoms with Crippen LogP contribution >= 0.6 is 23.5 Å². The number of fused-ring (bicyclic) bond motifs is 1. The summed E-state index contributed by atoms with van der Waals surface area (Å²) in [5, 5.41) is 2.63. The van der Waals surface area contributed by atoms with Gasteiger partial charge in [0.15, 0.2) is 0 Å². The van der Waals surface area contributed by atoms with Gasteiger partial charge in [0.25, 0.3) is 0 Å². The quantitative estimate of drug-likeness (QED) is 0.758. The highest BCUT2D eigenvalue weighted by molar-refractivity contribution is 8.21. The van der Waals surface area contributed by atoms with Crippen molar-refractivity contribution in [2.45, 2.75) is 0 Å². The van der Waals surface area contributed by atoms with Crippen LogP contribution in [0.4, 0.5) is 0 Å². The van der Waals surface area contributed by atoms with Crippen molar-refractivity contribution in [1.29, 1.82) is 0 Å². The molecule has 82 valence electrons. The second-order valence-electron chi connectivity index (χ2n) is 3.44. The zero-order valence-electron chi connectivity index (χ0n) is 9.44. The maximum atomic E-state index is 2.26. The molecular weight excluding hydrogens is 232 g/mol. The van der Waals surface area contributed by atoms with Crippen molar-refractivity contribution in [2.75, 3.05) is 12.5 Å². The Bertz CT molecular complexity index is 504. The summed E-state index contributed by atoms with van der Waals surface area (Å²) in [6.45, 7) is 0. The zero-order valence-corrected chi connectivity index (χ0v) is 11.1. The summed E-state index contributed by atoms with van der Waals surface area (Å²) in [6, 6.07) is 15.0. The van der Waals surface area contributed by atoms with Gasteiger partial charge in [-0.05, 0) is 34.9 Å². The van der Waals surface area contributed by atoms with E-state index in [4.69, 9.17) is 0 Å². The van der Waals surface area contributed by atoms with Gasteiger partial charge < -0.3 is 0 Å². The summed E-state index contributed by atoms with van der Waals surface area (Å²) in [5.41, 5.74) is 1.30. The maximum absolute atomic E-state index is 2.26. The molecule has 0 saturated heterocycles. The minimum atomic E-state index is 1.30. The van der Waals surface area contributed by atoms with Crippen LogP contribution in [0.15, 0.2) is 46.7 Å². The molecule has 0 aliphatic rings. The van der Waals surface area contributed by atoms with Crippen molar-refractivity contribution in [2.24, 2.45) is 0 Å². The summed E-state index contributed by atoms with van der Waals surface area (Å²) >= 11 is 3.59. The summed E-state index contributed by atoms with van der Waals surface area (Å²) in [6.07, 6.45) is 6.50. The van der Waals surface area contributed by atoms with E-state index in [-0.39, 0.29) is 0 Å². The smallest absolute Gasteiger partial charge is 0.0401 e. The molecule has 0 aromatic heterocycles. The van der Waals surface area contributed by atoms with Crippen LogP contribution < -0.4 is 0 Å². The van der Waals surface area contributed by atoms with Gasteiger partial charge in [-0.3, -0.25) is 0 Å². The molecule has 2 aromatic carbocycles. The monoisotopic (exact) mass is 246 g/mol. The first-order valence-corrected chi connectivity index (χ1v) is 7.57. The molecule has 0 nitrogen and oxygen atoms in total. The second-order valence-corrected chi connectivity index (χ2v) is 5.39. The Labute approximate surface area is 105 Å². The van der Waals surface area contributed by atoms with Gasteiger partial charge in [0.05, 0.1) is 0 Å². The van der Waals surface area contributed by atoms with Gasteiger partial charge in [-0.25, -0.2) is 0 Å². The third-order valence-corrected chi connectivity index (χ3v) is 4.54. The molecule has 0 saturated carbocycles. The molecule has 0 N–H and O–H groups in total. The lowest BCUT2D eigenvalue weighted by molar-refractivity contribution is 1.71. The normalized spacial score (nSPS) is 10.4. The first-order chi connectivity index (χ1) is 7.85. The Morgan fingerprint density at radius 2 is 1.62 bits per heavy atom. The maximum Gasteiger partial charge on any atom is 0.0401 e. The topological polar surface area (TPSA) is 0 Å². The standard InChI is InChI=1S/C14H14S2/c1-15-14(16-2)10-12-8-5-7-11-6-3-4-9-13(11)12/h3-10H,1-2H3. The van der Waals surface area contributed by atoms with Gasteiger partial charge in [0, 0.05) is 4.24 Å². The van der Waals surface area contributed by atoms with Crippen molar-refractivity contribution in [3.05, 3.63) is 52.3 Å². The van der Waals surface area contributed by atoms with Crippen molar-refractivity contribution in [3.8, 4) is 0 Å². The van der Waals surface area contributed by atoms with Gasteiger partial charge in [-0.15, -0.1) is 23.5 Å². The van der Waals surface area contributed by atoms with Crippen LogP contribution in [0.2, 0.25) is 0 Å². The summed E-state index contributed by atoms with van der Waals surface area (Å²) in [7, 11) is 0. The van der Waals surface area contributed by atoms with E-state index in [0.717, 1.165) is 0 Å². The summed E-state index contributed by atoms with van der Waals surface area (Å²) in [5.74, 6) is 0. The van der Waals surface area contributed by atoms with Crippen LogP contribution in [0.3, 0.4) is 0 Å². The van der Waals surface area contributed by atoms with Crippen LogP contribution in [0, 0.1) is 0 Å². The zero-order chi connectivity index (χ0) is 11.4. The van der Waals surface area contributed by atoms with Crippen LogP contribution in [0.25, 0.3) is 16.8 Å². The highest BCUT2D eigenvalue weighted by Gasteiger charge is 1.99. The molecule has 0 radical (unpaired) electrons. The molecular formula is C14H14S2. The fourth-order valence-electron chi connectivity index (χ4n) is 1.70. The highest BCUT2D eigenvalue weighted by atomic mass is 32.2. The summed E-state index contributed by atoms with van der Waals surface area (Å²) < 4.78 is 1.34. The molecule has 0 spiro atoms. The second kappa shape index (κ2) is 5.46. The lowest BCUT2D eigenvalue weighted by atomic mass is 10.1. The molecule has 0 atom stereocenters. The van der Waals surface area contributed by atoms with E-state index in [1.165, 1.54) is 20.6 Å². The van der Waals surface area contributed by atoms with E-state index in [9.17, 15) is 0 Å². The van der Waals surface area contributed by atoms with Gasteiger partial charge in [0.2, 0.25) is 0 Å². The molecule has 2 rings (SSSR count). The van der Waals surface area contributed by atoms with E-state index in [1.807, 2.05) is 0 Å². The Morgan fingerprint density at radius 1 is 0.938 bits per heavy atom. The first kappa shape index (κ1) is 11.6. The Morgan fingerprint density at radius 3 is 2.38 bits per heavy atom. The highest BCUT2D eigenvalue weighted by Crippen LogP contribution is 2.29. The number of benzene rings is 2. The van der Waals surface area contributed by atoms with Crippen molar-refractivity contribution >= 4 is 40.4 Å². The Kier molecular flexibility index (Phi) is 3.97. The molecule has 0 fully saturated rings. The Hall–Kier alpha value is -0.860. The van der Waals surface area contributed by atoms with E-state index >= 15 is 0 Å². The lowest BCUT2D eigenvalue weighted by Gasteiger charge is -2.04. The SMILES string of the molecule is CSC(=Cc1cccc2ccccc12)SC. The predicted molar refractivity (Wildman–Crippen MR) is 79.0 cm³/mol. The first-order valence-electron chi connectivity index (χ1n) is 5.12. The minimum Gasteiger partial charge on any atom is -0.123 e. The van der Waals surface area contributed by atoms with Gasteiger partial charge in [-0.2, -0.15) is 0 Å². The van der Waals surface area contributed by atoms with Gasteiger partial charge in [-0.1, -0.05) is 42.5 Å². The number of thioether (sulfide) groups is 2. The fourth-order valence-corrected chi connectivity index (χ4v) is 2.86. The average Bonchev–Trinajstić information content (AvgIpc) is 2.36. The fraction of sp³-hybridized carbons (Fsp3) is 0.143. The molecule has 2 heteroatoms. The Balaban J connectivity index is 2.56. The van der Waals surface area contributed by atoms with Gasteiger partial charge >= 0.3 is 0 Å². The molecule has 0 aliphatic heterocycles. The van der Waals surface area contributed by atoms with Crippen LogP contribution in [-0.4, -0.2) is 12.5 Å². The molecule has 0 unspecified atom stereocenters. The average molecular weight is 246 g/mol. The van der Waals surface area contributed by atoms with Crippen molar-refractivity contribution < 1.29 is 0 Å². The lowest BCUT2D eigenvalue weighted by Crippen LogP contribution is -1.78. The largest absolute Gasteiger partial charge is 0.123 e. The van der Waals surface area contributed by atoms with E-state index in [0.29, 0.717) is 0 Å². The van der Waals surface area contributed by atoms with Crippen molar-refractivity contribution in [1.82, 2.24) is 0 Å². The summed E-state index contributed by atoms with van der Waals surface area (Å²) in [4.78, 5) is 0. The molecule has 0 bridgehead atoms. The number of hydrogen-bond acceptors (Lipinski definition) is 2. The third kappa shape index (κ3) is 2.45. The molecule has 16 heavy (non-hydrogen) atoms. The molecule has 0 aliphatic carbocycles. The van der Waals surface area contributed by atoms with E-state index in [2.05, 4.69) is 61.1 Å². The molecule has 0 amide bonds. The van der Waals surface area contributed by atoms with Crippen LogP contribution in [0.5, 0.6) is 0 Å².